The molecule has 8 heteroatoms. The Morgan fingerprint density at radius 2 is 1.84 bits per heavy atom. The van der Waals surface area contributed by atoms with Gasteiger partial charge in [0, 0.05) is 17.6 Å². The van der Waals surface area contributed by atoms with E-state index < -0.39 is 5.91 Å². The first-order chi connectivity index (χ1) is 11.5. The second-order valence-corrected chi connectivity index (χ2v) is 7.18. The summed E-state index contributed by atoms with van der Waals surface area (Å²) in [5, 5.41) is 3.16. The molecule has 0 unspecified atom stereocenters. The van der Waals surface area contributed by atoms with Crippen LogP contribution in [0.4, 0.5) is 0 Å². The lowest BCUT2D eigenvalue weighted by molar-refractivity contribution is -0.132. The molecule has 1 fully saturated rings. The third-order valence-electron chi connectivity index (χ3n) is 4.69. The fourth-order valence-electron chi connectivity index (χ4n) is 3.32. The molecule has 1 aromatic carbocycles. The van der Waals surface area contributed by atoms with Gasteiger partial charge in [0.15, 0.2) is 0 Å². The molecule has 0 spiro atoms. The van der Waals surface area contributed by atoms with Crippen molar-refractivity contribution in [2.45, 2.75) is 12.8 Å². The molecule has 1 aromatic rings. The van der Waals surface area contributed by atoms with Gasteiger partial charge in [-0.2, -0.15) is 0 Å². The highest BCUT2D eigenvalue weighted by Gasteiger charge is 2.37. The lowest BCUT2D eigenvalue weighted by atomic mass is 9.97. The number of imide groups is 1. The van der Waals surface area contributed by atoms with Gasteiger partial charge in [-0.25, -0.2) is 0 Å². The highest BCUT2D eigenvalue weighted by molar-refractivity contribution is 9.10. The number of amides is 3. The van der Waals surface area contributed by atoms with Gasteiger partial charge in [-0.1, -0.05) is 15.9 Å². The molecular formula is C17H21BrClN3O3. The maximum atomic E-state index is 12.5. The molecule has 2 aliphatic heterocycles. The van der Waals surface area contributed by atoms with Crippen LogP contribution >= 0.6 is 28.3 Å². The number of rotatable bonds is 4. The van der Waals surface area contributed by atoms with Gasteiger partial charge in [0.1, 0.15) is 6.54 Å². The van der Waals surface area contributed by atoms with Crippen LogP contribution in [-0.2, 0) is 4.79 Å². The van der Waals surface area contributed by atoms with Gasteiger partial charge >= 0.3 is 0 Å². The number of halogens is 2. The standard InChI is InChI=1S/C17H20BrN3O3.ClH/c1-19-9-11-4-6-20(7-5-11)15(22)10-21-16(23)13-3-2-12(18)8-14(13)17(21)24;/h2-3,8,11,19H,4-7,9-10H2,1H3;1H. The van der Waals surface area contributed by atoms with E-state index in [1.807, 2.05) is 7.05 Å². The van der Waals surface area contributed by atoms with Crippen LogP contribution in [0.25, 0.3) is 0 Å². The van der Waals surface area contributed by atoms with Crippen molar-refractivity contribution in [1.29, 1.82) is 0 Å². The van der Waals surface area contributed by atoms with Crippen molar-refractivity contribution in [3.8, 4) is 0 Å². The zero-order valence-corrected chi connectivity index (χ0v) is 16.4. The topological polar surface area (TPSA) is 69.7 Å². The fraction of sp³-hybridized carbons (Fsp3) is 0.471. The van der Waals surface area contributed by atoms with Crippen molar-refractivity contribution in [2.24, 2.45) is 5.92 Å². The van der Waals surface area contributed by atoms with Gasteiger partial charge in [-0.05, 0) is 50.6 Å². The molecule has 0 atom stereocenters. The smallest absolute Gasteiger partial charge is 0.262 e. The minimum absolute atomic E-state index is 0. The molecule has 0 radical (unpaired) electrons. The third-order valence-corrected chi connectivity index (χ3v) is 5.18. The first-order valence-electron chi connectivity index (χ1n) is 8.09. The van der Waals surface area contributed by atoms with E-state index in [0.717, 1.165) is 28.8 Å². The van der Waals surface area contributed by atoms with Crippen molar-refractivity contribution in [3.05, 3.63) is 33.8 Å². The van der Waals surface area contributed by atoms with Gasteiger partial charge < -0.3 is 10.2 Å². The predicted molar refractivity (Wildman–Crippen MR) is 100.0 cm³/mol. The van der Waals surface area contributed by atoms with E-state index in [4.69, 9.17) is 0 Å². The molecule has 0 aromatic heterocycles. The average Bonchev–Trinajstić information content (AvgIpc) is 2.80. The maximum Gasteiger partial charge on any atom is 0.262 e. The lowest BCUT2D eigenvalue weighted by Crippen LogP contribution is -2.46. The molecule has 6 nitrogen and oxygen atoms in total. The first kappa shape index (κ1) is 19.9. The quantitative estimate of drug-likeness (QED) is 0.741. The Hall–Kier alpha value is -1.44. The van der Waals surface area contributed by atoms with Crippen molar-refractivity contribution in [1.82, 2.24) is 15.1 Å². The molecule has 0 bridgehead atoms. The summed E-state index contributed by atoms with van der Waals surface area (Å²) in [5.41, 5.74) is 0.721. The second-order valence-electron chi connectivity index (χ2n) is 6.27. The van der Waals surface area contributed by atoms with Crippen LogP contribution in [-0.4, -0.2) is 60.7 Å². The molecule has 3 rings (SSSR count). The summed E-state index contributed by atoms with van der Waals surface area (Å²) in [5.74, 6) is -0.363. The summed E-state index contributed by atoms with van der Waals surface area (Å²) in [6.07, 6.45) is 1.89. The van der Waals surface area contributed by atoms with E-state index in [1.165, 1.54) is 0 Å². The molecule has 0 saturated carbocycles. The number of benzene rings is 1. The van der Waals surface area contributed by atoms with Gasteiger partial charge in [0.05, 0.1) is 11.1 Å². The monoisotopic (exact) mass is 429 g/mol. The molecule has 25 heavy (non-hydrogen) atoms. The van der Waals surface area contributed by atoms with Crippen LogP contribution in [0.3, 0.4) is 0 Å². The van der Waals surface area contributed by atoms with E-state index in [2.05, 4.69) is 21.2 Å². The minimum atomic E-state index is -0.394. The number of piperidine rings is 1. The van der Waals surface area contributed by atoms with Gasteiger partial charge in [0.25, 0.3) is 11.8 Å². The third kappa shape index (κ3) is 4.04. The van der Waals surface area contributed by atoms with E-state index in [1.54, 1.807) is 23.1 Å². The molecule has 3 amide bonds. The zero-order valence-electron chi connectivity index (χ0n) is 14.0. The maximum absolute atomic E-state index is 12.5. The number of fused-ring (bicyclic) bond motifs is 1. The number of hydrogen-bond donors (Lipinski definition) is 1. The number of carbonyl (C=O) groups is 3. The SMILES string of the molecule is CNCC1CCN(C(=O)CN2C(=O)c3ccc(Br)cc3C2=O)CC1.Cl. The van der Waals surface area contributed by atoms with Crippen LogP contribution in [0.5, 0.6) is 0 Å². The number of carbonyl (C=O) groups excluding carboxylic acids is 3. The normalized spacial score (nSPS) is 17.5. The Morgan fingerprint density at radius 3 is 2.48 bits per heavy atom. The van der Waals surface area contributed by atoms with E-state index in [-0.39, 0.29) is 30.8 Å². The predicted octanol–water partition coefficient (Wildman–Crippen LogP) is 1.92. The summed E-state index contributed by atoms with van der Waals surface area (Å²) < 4.78 is 0.738. The number of likely N-dealkylation sites (tertiary alicyclic amines) is 1. The number of hydrogen-bond acceptors (Lipinski definition) is 4. The molecule has 2 heterocycles. The molecule has 136 valence electrons. The van der Waals surface area contributed by atoms with Crippen molar-refractivity contribution in [3.63, 3.8) is 0 Å². The number of nitrogens with zero attached hydrogens (tertiary/aromatic N) is 2. The van der Waals surface area contributed by atoms with Crippen molar-refractivity contribution >= 4 is 46.1 Å². The van der Waals surface area contributed by atoms with Gasteiger partial charge in [-0.3, -0.25) is 19.3 Å². The van der Waals surface area contributed by atoms with E-state index in [9.17, 15) is 14.4 Å². The van der Waals surface area contributed by atoms with E-state index >= 15 is 0 Å². The van der Waals surface area contributed by atoms with Crippen LogP contribution in [0.15, 0.2) is 22.7 Å². The Labute approximate surface area is 161 Å². The lowest BCUT2D eigenvalue weighted by Gasteiger charge is -2.32. The zero-order chi connectivity index (χ0) is 17.3. The van der Waals surface area contributed by atoms with Gasteiger partial charge in [0.2, 0.25) is 5.91 Å². The Morgan fingerprint density at radius 1 is 1.20 bits per heavy atom. The second kappa shape index (κ2) is 8.29. The van der Waals surface area contributed by atoms with Crippen LogP contribution in [0, 0.1) is 5.92 Å². The highest BCUT2D eigenvalue weighted by Crippen LogP contribution is 2.26. The molecule has 1 saturated heterocycles. The Kier molecular flexibility index (Phi) is 6.59. The van der Waals surface area contributed by atoms with E-state index in [0.29, 0.717) is 30.1 Å². The summed E-state index contributed by atoms with van der Waals surface area (Å²) in [7, 11) is 1.93. The molecular weight excluding hydrogens is 410 g/mol. The summed E-state index contributed by atoms with van der Waals surface area (Å²) in [4.78, 5) is 40.1. The number of nitrogens with one attached hydrogen (secondary N) is 1. The average molecular weight is 431 g/mol. The first-order valence-corrected chi connectivity index (χ1v) is 8.88. The van der Waals surface area contributed by atoms with Crippen molar-refractivity contribution < 1.29 is 14.4 Å². The molecule has 1 N–H and O–H groups in total. The summed E-state index contributed by atoms with van der Waals surface area (Å²) in [6, 6.07) is 4.97. The van der Waals surface area contributed by atoms with Crippen LogP contribution in [0.1, 0.15) is 33.6 Å². The van der Waals surface area contributed by atoms with Crippen LogP contribution in [0.2, 0.25) is 0 Å². The van der Waals surface area contributed by atoms with Gasteiger partial charge in [-0.15, -0.1) is 12.4 Å². The summed E-state index contributed by atoms with van der Waals surface area (Å²) in [6.45, 7) is 2.13. The largest absolute Gasteiger partial charge is 0.341 e. The summed E-state index contributed by atoms with van der Waals surface area (Å²) >= 11 is 3.30. The minimum Gasteiger partial charge on any atom is -0.341 e. The van der Waals surface area contributed by atoms with Crippen LogP contribution < -0.4 is 5.32 Å². The van der Waals surface area contributed by atoms with Crippen molar-refractivity contribution in [2.75, 3.05) is 33.2 Å². The Bertz CT molecular complexity index is 690. The Balaban J connectivity index is 0.00000225. The highest BCUT2D eigenvalue weighted by atomic mass is 79.9. The molecule has 2 aliphatic rings. The molecule has 0 aliphatic carbocycles. The fourth-order valence-corrected chi connectivity index (χ4v) is 3.68.